The Labute approximate surface area is 141 Å². The Morgan fingerprint density at radius 3 is 1.96 bits per heavy atom. The molecule has 0 saturated heterocycles. The van der Waals surface area contributed by atoms with E-state index >= 15 is 0 Å². The van der Waals surface area contributed by atoms with Gasteiger partial charge in [-0.15, -0.1) is 0 Å². The van der Waals surface area contributed by atoms with E-state index in [1.54, 1.807) is 58.0 Å². The second-order valence-corrected chi connectivity index (χ2v) is 5.77. The minimum atomic E-state index is -0.960. The Morgan fingerprint density at radius 2 is 1.46 bits per heavy atom. The highest BCUT2D eigenvalue weighted by molar-refractivity contribution is 6.01. The van der Waals surface area contributed by atoms with Crippen LogP contribution in [0.2, 0.25) is 0 Å². The summed E-state index contributed by atoms with van der Waals surface area (Å²) >= 11 is 0. The van der Waals surface area contributed by atoms with E-state index in [0.29, 0.717) is 5.56 Å². The minimum absolute atomic E-state index is 0.332. The van der Waals surface area contributed by atoms with Crippen molar-refractivity contribution in [2.45, 2.75) is 52.9 Å². The third kappa shape index (κ3) is 5.91. The molecule has 1 aromatic rings. The van der Waals surface area contributed by atoms with Gasteiger partial charge in [-0.05, 0) is 34.6 Å². The molecule has 0 heterocycles. The van der Waals surface area contributed by atoms with Gasteiger partial charge in [0.2, 0.25) is 0 Å². The van der Waals surface area contributed by atoms with E-state index < -0.39 is 24.3 Å². The summed E-state index contributed by atoms with van der Waals surface area (Å²) in [5, 5.41) is 0.847. The summed E-state index contributed by atoms with van der Waals surface area (Å²) in [5.74, 6) is -0.332. The summed E-state index contributed by atoms with van der Waals surface area (Å²) in [6, 6.07) is 7.53. The van der Waals surface area contributed by atoms with Gasteiger partial charge in [-0.1, -0.05) is 30.3 Å². The van der Waals surface area contributed by atoms with E-state index in [1.165, 1.54) is 6.92 Å². The van der Waals surface area contributed by atoms with Crippen molar-refractivity contribution in [1.29, 1.82) is 0 Å². The Hall–Kier alpha value is -2.57. The van der Waals surface area contributed by atoms with Crippen molar-refractivity contribution in [3.05, 3.63) is 35.9 Å². The number of rotatable bonds is 5. The second-order valence-electron chi connectivity index (χ2n) is 5.77. The fourth-order valence-electron chi connectivity index (χ4n) is 1.86. The third-order valence-electron chi connectivity index (χ3n) is 2.91. The molecule has 24 heavy (non-hydrogen) atoms. The first-order valence-corrected chi connectivity index (χ1v) is 7.78. The van der Waals surface area contributed by atoms with Crippen LogP contribution in [0, 0.1) is 0 Å². The quantitative estimate of drug-likeness (QED) is 0.659. The van der Waals surface area contributed by atoms with Crippen LogP contribution < -0.4 is 5.43 Å². The number of amides is 2. The van der Waals surface area contributed by atoms with Gasteiger partial charge in [-0.2, -0.15) is 0 Å². The fourth-order valence-corrected chi connectivity index (χ4v) is 1.86. The number of carbonyl (C=O) groups excluding carboxylic acids is 3. The first kappa shape index (κ1) is 19.5. The van der Waals surface area contributed by atoms with Crippen LogP contribution >= 0.6 is 0 Å². The van der Waals surface area contributed by atoms with E-state index in [-0.39, 0.29) is 11.9 Å². The van der Waals surface area contributed by atoms with Gasteiger partial charge in [0, 0.05) is 5.56 Å². The van der Waals surface area contributed by atoms with Gasteiger partial charge in [-0.25, -0.2) is 20.0 Å². The molecule has 0 fully saturated rings. The largest absolute Gasteiger partial charge is 0.446 e. The number of Topliss-reactive ketones (excluding diaryl/α,β-unsaturated/α-hetero) is 1. The monoisotopic (exact) mass is 336 g/mol. The summed E-state index contributed by atoms with van der Waals surface area (Å²) in [5.41, 5.74) is 2.70. The molecule has 0 aliphatic carbocycles. The molecule has 7 nitrogen and oxygen atoms in total. The summed E-state index contributed by atoms with van der Waals surface area (Å²) in [6.07, 6.45) is -2.43. The molecule has 1 atom stereocenters. The fraction of sp³-hybridized carbons (Fsp3) is 0.471. The van der Waals surface area contributed by atoms with E-state index in [4.69, 9.17) is 9.47 Å². The zero-order valence-electron chi connectivity index (χ0n) is 14.6. The lowest BCUT2D eigenvalue weighted by Crippen LogP contribution is -2.54. The SMILES string of the molecule is CC(C)OC(=O)NN(C(=O)OC(C)C)[C@@H](C)C(=O)c1ccccc1. The van der Waals surface area contributed by atoms with E-state index in [2.05, 4.69) is 5.43 Å². The molecule has 0 spiro atoms. The lowest BCUT2D eigenvalue weighted by molar-refractivity contribution is 0.0326. The average Bonchev–Trinajstić information content (AvgIpc) is 2.50. The number of hydrogen-bond acceptors (Lipinski definition) is 5. The molecule has 132 valence electrons. The lowest BCUT2D eigenvalue weighted by Gasteiger charge is -2.28. The number of hydrogen-bond donors (Lipinski definition) is 1. The van der Waals surface area contributed by atoms with Gasteiger partial charge in [0.15, 0.2) is 5.78 Å². The molecule has 1 aromatic carbocycles. The molecule has 0 unspecified atom stereocenters. The van der Waals surface area contributed by atoms with Crippen molar-refractivity contribution in [3.63, 3.8) is 0 Å². The Bertz CT molecular complexity index is 572. The molecule has 0 radical (unpaired) electrons. The van der Waals surface area contributed by atoms with Crippen molar-refractivity contribution in [2.75, 3.05) is 0 Å². The van der Waals surface area contributed by atoms with Crippen LogP contribution in [0.15, 0.2) is 30.3 Å². The van der Waals surface area contributed by atoms with Crippen LogP contribution in [-0.2, 0) is 9.47 Å². The van der Waals surface area contributed by atoms with Gasteiger partial charge >= 0.3 is 12.2 Å². The first-order chi connectivity index (χ1) is 11.2. The van der Waals surface area contributed by atoms with Crippen LogP contribution in [0.1, 0.15) is 45.0 Å². The molecule has 2 amide bonds. The van der Waals surface area contributed by atoms with Crippen molar-refractivity contribution in [3.8, 4) is 0 Å². The topological polar surface area (TPSA) is 84.9 Å². The molecule has 0 aromatic heterocycles. The predicted octanol–water partition coefficient (Wildman–Crippen LogP) is 3.15. The molecule has 0 aliphatic rings. The maximum absolute atomic E-state index is 12.5. The molecule has 0 bridgehead atoms. The van der Waals surface area contributed by atoms with E-state index in [9.17, 15) is 14.4 Å². The zero-order valence-corrected chi connectivity index (χ0v) is 14.6. The summed E-state index contributed by atoms with van der Waals surface area (Å²) in [7, 11) is 0. The van der Waals surface area contributed by atoms with Crippen LogP contribution in [0.25, 0.3) is 0 Å². The van der Waals surface area contributed by atoms with E-state index in [0.717, 1.165) is 5.01 Å². The first-order valence-electron chi connectivity index (χ1n) is 7.78. The number of nitrogens with one attached hydrogen (secondary N) is 1. The maximum atomic E-state index is 12.5. The van der Waals surface area contributed by atoms with Crippen molar-refractivity contribution >= 4 is 18.0 Å². The highest BCUT2D eigenvalue weighted by atomic mass is 16.6. The number of benzene rings is 1. The maximum Gasteiger partial charge on any atom is 0.429 e. The standard InChI is InChI=1S/C17H24N2O5/c1-11(2)23-16(21)18-19(17(22)24-12(3)4)13(5)15(20)14-9-7-6-8-10-14/h6-13H,1-5H3,(H,18,21)/t13-/m0/s1. The van der Waals surface area contributed by atoms with Gasteiger partial charge in [0.1, 0.15) is 6.04 Å². The molecule has 0 saturated carbocycles. The molecule has 7 heteroatoms. The van der Waals surface area contributed by atoms with Crippen LogP contribution in [0.5, 0.6) is 0 Å². The van der Waals surface area contributed by atoms with Crippen LogP contribution in [0.4, 0.5) is 9.59 Å². The summed E-state index contributed by atoms with van der Waals surface area (Å²) in [6.45, 7) is 8.20. The van der Waals surface area contributed by atoms with Crippen LogP contribution in [0.3, 0.4) is 0 Å². The predicted molar refractivity (Wildman–Crippen MR) is 88.4 cm³/mol. The number of carbonyl (C=O) groups is 3. The molecule has 0 aliphatic heterocycles. The lowest BCUT2D eigenvalue weighted by atomic mass is 10.1. The third-order valence-corrected chi connectivity index (χ3v) is 2.91. The Kier molecular flexibility index (Phi) is 7.23. The number of ketones is 1. The number of ether oxygens (including phenoxy) is 2. The highest BCUT2D eigenvalue weighted by Gasteiger charge is 2.30. The second kappa shape index (κ2) is 8.90. The molecule has 1 N–H and O–H groups in total. The smallest absolute Gasteiger partial charge is 0.429 e. The summed E-state index contributed by atoms with van der Waals surface area (Å²) < 4.78 is 10.1. The average molecular weight is 336 g/mol. The zero-order chi connectivity index (χ0) is 18.3. The van der Waals surface area contributed by atoms with Crippen LogP contribution in [-0.4, -0.2) is 41.2 Å². The number of hydrazine groups is 1. The van der Waals surface area contributed by atoms with Crippen molar-refractivity contribution in [2.24, 2.45) is 0 Å². The molecular weight excluding hydrogens is 312 g/mol. The molecule has 1 rings (SSSR count). The normalized spacial score (nSPS) is 11.8. The van der Waals surface area contributed by atoms with E-state index in [1.807, 2.05) is 0 Å². The Morgan fingerprint density at radius 1 is 0.917 bits per heavy atom. The van der Waals surface area contributed by atoms with Crippen molar-refractivity contribution in [1.82, 2.24) is 10.4 Å². The highest BCUT2D eigenvalue weighted by Crippen LogP contribution is 2.10. The Balaban J connectivity index is 2.96. The van der Waals surface area contributed by atoms with Gasteiger partial charge in [0.05, 0.1) is 12.2 Å². The van der Waals surface area contributed by atoms with Gasteiger partial charge < -0.3 is 9.47 Å². The molecular formula is C17H24N2O5. The summed E-state index contributed by atoms with van der Waals surface area (Å²) in [4.78, 5) is 36.6. The van der Waals surface area contributed by atoms with Crippen molar-refractivity contribution < 1.29 is 23.9 Å². The van der Waals surface area contributed by atoms with Gasteiger partial charge in [-0.3, -0.25) is 4.79 Å². The number of nitrogens with zero attached hydrogens (tertiary/aromatic N) is 1. The minimum Gasteiger partial charge on any atom is -0.446 e. The van der Waals surface area contributed by atoms with Gasteiger partial charge in [0.25, 0.3) is 0 Å².